The SMILES string of the molecule is CCn1ncc(-c2ccc(C)cc2)n1. The molecule has 0 aliphatic rings. The van der Waals surface area contributed by atoms with Gasteiger partial charge < -0.3 is 0 Å². The van der Waals surface area contributed by atoms with Crippen LogP contribution >= 0.6 is 0 Å². The quantitative estimate of drug-likeness (QED) is 0.722. The number of hydrogen-bond acceptors (Lipinski definition) is 2. The zero-order valence-corrected chi connectivity index (χ0v) is 8.44. The first-order valence-corrected chi connectivity index (χ1v) is 4.77. The second-order valence-corrected chi connectivity index (χ2v) is 3.28. The van der Waals surface area contributed by atoms with Crippen molar-refractivity contribution in [2.45, 2.75) is 20.4 Å². The lowest BCUT2D eigenvalue weighted by molar-refractivity contribution is 0.571. The second kappa shape index (κ2) is 3.62. The molecular weight excluding hydrogens is 174 g/mol. The lowest BCUT2D eigenvalue weighted by Gasteiger charge is -1.96. The lowest BCUT2D eigenvalue weighted by Crippen LogP contribution is -1.97. The molecule has 3 nitrogen and oxygen atoms in total. The summed E-state index contributed by atoms with van der Waals surface area (Å²) in [5.74, 6) is 0. The summed E-state index contributed by atoms with van der Waals surface area (Å²) in [5.41, 5.74) is 3.32. The number of aromatic nitrogens is 3. The van der Waals surface area contributed by atoms with Crippen LogP contribution in [-0.4, -0.2) is 15.0 Å². The summed E-state index contributed by atoms with van der Waals surface area (Å²) >= 11 is 0. The van der Waals surface area contributed by atoms with Gasteiger partial charge in [0.25, 0.3) is 0 Å². The van der Waals surface area contributed by atoms with Crippen molar-refractivity contribution in [2.24, 2.45) is 0 Å². The van der Waals surface area contributed by atoms with E-state index in [2.05, 4.69) is 41.4 Å². The molecule has 2 rings (SSSR count). The Bertz CT molecular complexity index is 414. The molecule has 0 atom stereocenters. The molecule has 0 spiro atoms. The van der Waals surface area contributed by atoms with E-state index in [9.17, 15) is 0 Å². The van der Waals surface area contributed by atoms with Crippen LogP contribution in [0.25, 0.3) is 11.3 Å². The van der Waals surface area contributed by atoms with Crippen molar-refractivity contribution >= 4 is 0 Å². The number of aryl methyl sites for hydroxylation is 2. The molecule has 1 heterocycles. The van der Waals surface area contributed by atoms with Gasteiger partial charge >= 0.3 is 0 Å². The summed E-state index contributed by atoms with van der Waals surface area (Å²) in [7, 11) is 0. The Morgan fingerprint density at radius 2 is 1.93 bits per heavy atom. The van der Waals surface area contributed by atoms with Gasteiger partial charge in [0.15, 0.2) is 0 Å². The zero-order chi connectivity index (χ0) is 9.97. The van der Waals surface area contributed by atoms with Crippen LogP contribution in [0.1, 0.15) is 12.5 Å². The molecule has 72 valence electrons. The molecule has 0 N–H and O–H groups in total. The average Bonchev–Trinajstić information content (AvgIpc) is 2.67. The molecule has 0 aliphatic heterocycles. The summed E-state index contributed by atoms with van der Waals surface area (Å²) in [6, 6.07) is 8.30. The van der Waals surface area contributed by atoms with E-state index in [0.717, 1.165) is 17.8 Å². The molecule has 0 radical (unpaired) electrons. The minimum absolute atomic E-state index is 0.811. The van der Waals surface area contributed by atoms with Gasteiger partial charge in [-0.3, -0.25) is 0 Å². The summed E-state index contributed by atoms with van der Waals surface area (Å²) in [4.78, 5) is 1.69. The van der Waals surface area contributed by atoms with E-state index in [1.165, 1.54) is 5.56 Å². The smallest absolute Gasteiger partial charge is 0.113 e. The molecule has 0 saturated heterocycles. The molecule has 2 aromatic rings. The summed E-state index contributed by atoms with van der Waals surface area (Å²) in [5, 5.41) is 8.47. The number of hydrogen-bond donors (Lipinski definition) is 0. The molecule has 1 aromatic heterocycles. The normalized spacial score (nSPS) is 10.4. The largest absolute Gasteiger partial charge is 0.185 e. The Balaban J connectivity index is 2.34. The van der Waals surface area contributed by atoms with Gasteiger partial charge in [-0.2, -0.15) is 15.0 Å². The van der Waals surface area contributed by atoms with E-state index >= 15 is 0 Å². The van der Waals surface area contributed by atoms with Crippen molar-refractivity contribution < 1.29 is 0 Å². The van der Waals surface area contributed by atoms with Crippen molar-refractivity contribution in [3.63, 3.8) is 0 Å². The van der Waals surface area contributed by atoms with Gasteiger partial charge in [0.05, 0.1) is 12.7 Å². The highest BCUT2D eigenvalue weighted by molar-refractivity contribution is 5.57. The maximum Gasteiger partial charge on any atom is 0.113 e. The monoisotopic (exact) mass is 187 g/mol. The molecule has 0 bridgehead atoms. The molecule has 1 aromatic carbocycles. The Hall–Kier alpha value is -1.64. The predicted octanol–water partition coefficient (Wildman–Crippen LogP) is 2.27. The molecule has 0 aliphatic carbocycles. The Kier molecular flexibility index (Phi) is 2.31. The lowest BCUT2D eigenvalue weighted by atomic mass is 10.1. The molecule has 0 amide bonds. The van der Waals surface area contributed by atoms with Gasteiger partial charge in [-0.15, -0.1) is 0 Å². The topological polar surface area (TPSA) is 30.7 Å². The highest BCUT2D eigenvalue weighted by Crippen LogP contribution is 2.15. The standard InChI is InChI=1S/C11H13N3/c1-3-14-12-8-11(13-14)10-6-4-9(2)5-7-10/h4-8H,3H2,1-2H3. The van der Waals surface area contributed by atoms with Gasteiger partial charge in [0.2, 0.25) is 0 Å². The summed E-state index contributed by atoms with van der Waals surface area (Å²) in [6.45, 7) is 4.91. The Morgan fingerprint density at radius 3 is 2.50 bits per heavy atom. The number of rotatable bonds is 2. The van der Waals surface area contributed by atoms with Crippen LogP contribution in [0.3, 0.4) is 0 Å². The van der Waals surface area contributed by atoms with E-state index in [1.54, 1.807) is 11.0 Å². The fourth-order valence-corrected chi connectivity index (χ4v) is 1.31. The van der Waals surface area contributed by atoms with Crippen LogP contribution in [0.5, 0.6) is 0 Å². The van der Waals surface area contributed by atoms with E-state index in [0.29, 0.717) is 0 Å². The van der Waals surface area contributed by atoms with Crippen LogP contribution in [0, 0.1) is 6.92 Å². The van der Waals surface area contributed by atoms with Crippen molar-refractivity contribution in [3.8, 4) is 11.3 Å². The number of benzene rings is 1. The first kappa shape index (κ1) is 8.94. The minimum atomic E-state index is 0.811. The third-order valence-corrected chi connectivity index (χ3v) is 2.17. The Labute approximate surface area is 83.4 Å². The first-order chi connectivity index (χ1) is 6.79. The van der Waals surface area contributed by atoms with Crippen LogP contribution in [0.2, 0.25) is 0 Å². The molecule has 14 heavy (non-hydrogen) atoms. The summed E-state index contributed by atoms with van der Waals surface area (Å²) in [6.07, 6.45) is 1.80. The van der Waals surface area contributed by atoms with Gasteiger partial charge in [-0.1, -0.05) is 29.8 Å². The van der Waals surface area contributed by atoms with Crippen molar-refractivity contribution in [2.75, 3.05) is 0 Å². The maximum absolute atomic E-state index is 4.33. The summed E-state index contributed by atoms with van der Waals surface area (Å²) < 4.78 is 0. The van der Waals surface area contributed by atoms with Gasteiger partial charge in [0, 0.05) is 5.56 Å². The highest BCUT2D eigenvalue weighted by Gasteiger charge is 2.01. The van der Waals surface area contributed by atoms with Crippen LogP contribution < -0.4 is 0 Å². The molecule has 0 saturated carbocycles. The molecule has 0 unspecified atom stereocenters. The average molecular weight is 187 g/mol. The maximum atomic E-state index is 4.33. The molecular formula is C11H13N3. The predicted molar refractivity (Wildman–Crippen MR) is 55.9 cm³/mol. The van der Waals surface area contributed by atoms with Crippen LogP contribution in [0.15, 0.2) is 30.5 Å². The van der Waals surface area contributed by atoms with Crippen LogP contribution in [0.4, 0.5) is 0 Å². The number of nitrogens with zero attached hydrogens (tertiary/aromatic N) is 3. The second-order valence-electron chi connectivity index (χ2n) is 3.28. The van der Waals surface area contributed by atoms with E-state index in [4.69, 9.17) is 0 Å². The van der Waals surface area contributed by atoms with Crippen molar-refractivity contribution in [1.82, 2.24) is 15.0 Å². The third kappa shape index (κ3) is 1.66. The first-order valence-electron chi connectivity index (χ1n) is 4.77. The molecule has 3 heteroatoms. The van der Waals surface area contributed by atoms with Crippen molar-refractivity contribution in [3.05, 3.63) is 36.0 Å². The van der Waals surface area contributed by atoms with E-state index in [-0.39, 0.29) is 0 Å². The van der Waals surface area contributed by atoms with Gasteiger partial charge in [0.1, 0.15) is 5.69 Å². The van der Waals surface area contributed by atoms with Gasteiger partial charge in [-0.05, 0) is 13.8 Å². The van der Waals surface area contributed by atoms with Gasteiger partial charge in [-0.25, -0.2) is 0 Å². The molecule has 0 fully saturated rings. The zero-order valence-electron chi connectivity index (χ0n) is 8.44. The minimum Gasteiger partial charge on any atom is -0.185 e. The van der Waals surface area contributed by atoms with E-state index < -0.39 is 0 Å². The van der Waals surface area contributed by atoms with E-state index in [1.807, 2.05) is 6.92 Å². The Morgan fingerprint density at radius 1 is 1.21 bits per heavy atom. The highest BCUT2D eigenvalue weighted by atomic mass is 15.5. The fourth-order valence-electron chi connectivity index (χ4n) is 1.31. The third-order valence-electron chi connectivity index (χ3n) is 2.17. The van der Waals surface area contributed by atoms with Crippen LogP contribution in [-0.2, 0) is 6.54 Å². The fraction of sp³-hybridized carbons (Fsp3) is 0.273. The van der Waals surface area contributed by atoms with Crippen molar-refractivity contribution in [1.29, 1.82) is 0 Å².